The van der Waals surface area contributed by atoms with Gasteiger partial charge < -0.3 is 4.74 Å². The molecule has 0 aliphatic carbocycles. The summed E-state index contributed by atoms with van der Waals surface area (Å²) < 4.78 is 7.33. The fourth-order valence-corrected chi connectivity index (χ4v) is 2.30. The van der Waals surface area contributed by atoms with Crippen molar-refractivity contribution in [1.29, 1.82) is 0 Å². The largest absolute Gasteiger partial charge is 0.495 e. The van der Waals surface area contributed by atoms with Gasteiger partial charge in [0.15, 0.2) is 5.65 Å². The SMILES string of the molecule is COc1ccccc1-n1c(CCl)nc2cccnc21. The molecule has 2 aromatic heterocycles. The van der Waals surface area contributed by atoms with Crippen molar-refractivity contribution in [3.05, 3.63) is 48.4 Å². The van der Waals surface area contributed by atoms with Crippen molar-refractivity contribution in [3.8, 4) is 11.4 Å². The lowest BCUT2D eigenvalue weighted by atomic mass is 10.3. The highest BCUT2D eigenvalue weighted by Gasteiger charge is 2.15. The summed E-state index contributed by atoms with van der Waals surface area (Å²) in [7, 11) is 1.64. The Labute approximate surface area is 115 Å². The number of nitrogens with zero attached hydrogens (tertiary/aromatic N) is 3. The van der Waals surface area contributed by atoms with Crippen LogP contribution in [0.25, 0.3) is 16.9 Å². The maximum atomic E-state index is 6.00. The van der Waals surface area contributed by atoms with E-state index in [0.717, 1.165) is 28.4 Å². The fraction of sp³-hybridized carbons (Fsp3) is 0.143. The quantitative estimate of drug-likeness (QED) is 0.688. The summed E-state index contributed by atoms with van der Waals surface area (Å²) in [6.45, 7) is 0. The lowest BCUT2D eigenvalue weighted by Crippen LogP contribution is -2.02. The van der Waals surface area contributed by atoms with E-state index < -0.39 is 0 Å². The topological polar surface area (TPSA) is 39.9 Å². The number of hydrogen-bond donors (Lipinski definition) is 0. The Hall–Kier alpha value is -2.07. The Balaban J connectivity index is 2.34. The zero-order chi connectivity index (χ0) is 13.2. The molecular weight excluding hydrogens is 262 g/mol. The fourth-order valence-electron chi connectivity index (χ4n) is 2.12. The number of pyridine rings is 1. The third-order valence-corrected chi connectivity index (χ3v) is 3.17. The number of fused-ring (bicyclic) bond motifs is 1. The van der Waals surface area contributed by atoms with Crippen LogP contribution in [0.3, 0.4) is 0 Å². The first-order valence-corrected chi connectivity index (χ1v) is 6.40. The maximum Gasteiger partial charge on any atom is 0.164 e. The Bertz CT molecular complexity index is 724. The monoisotopic (exact) mass is 273 g/mol. The number of alkyl halides is 1. The van der Waals surface area contributed by atoms with Crippen molar-refractivity contribution in [3.63, 3.8) is 0 Å². The molecule has 0 radical (unpaired) electrons. The normalized spacial score (nSPS) is 10.8. The number of methoxy groups -OCH3 is 1. The summed E-state index contributed by atoms with van der Waals surface area (Å²) in [6, 6.07) is 11.5. The molecule has 0 aliphatic heterocycles. The van der Waals surface area contributed by atoms with E-state index in [9.17, 15) is 0 Å². The highest BCUT2D eigenvalue weighted by atomic mass is 35.5. The zero-order valence-corrected chi connectivity index (χ0v) is 11.1. The number of benzene rings is 1. The molecular formula is C14H12ClN3O. The molecule has 5 heteroatoms. The predicted molar refractivity (Wildman–Crippen MR) is 75.0 cm³/mol. The van der Waals surface area contributed by atoms with E-state index in [1.807, 2.05) is 41.0 Å². The van der Waals surface area contributed by atoms with E-state index in [4.69, 9.17) is 16.3 Å². The molecule has 0 bridgehead atoms. The smallest absolute Gasteiger partial charge is 0.164 e. The first-order valence-electron chi connectivity index (χ1n) is 5.87. The van der Waals surface area contributed by atoms with Crippen LogP contribution in [0.15, 0.2) is 42.6 Å². The number of aromatic nitrogens is 3. The van der Waals surface area contributed by atoms with Crippen LogP contribution in [-0.4, -0.2) is 21.6 Å². The number of rotatable bonds is 3. The van der Waals surface area contributed by atoms with Crippen molar-refractivity contribution in [2.24, 2.45) is 0 Å². The van der Waals surface area contributed by atoms with Gasteiger partial charge in [0.25, 0.3) is 0 Å². The summed E-state index contributed by atoms with van der Waals surface area (Å²) in [4.78, 5) is 8.88. The molecule has 0 unspecified atom stereocenters. The third-order valence-electron chi connectivity index (χ3n) is 2.93. The van der Waals surface area contributed by atoms with Gasteiger partial charge in [-0.15, -0.1) is 11.6 Å². The van der Waals surface area contributed by atoms with E-state index in [2.05, 4.69) is 9.97 Å². The van der Waals surface area contributed by atoms with Crippen LogP contribution in [0.2, 0.25) is 0 Å². The van der Waals surface area contributed by atoms with Gasteiger partial charge in [-0.3, -0.25) is 4.57 Å². The second kappa shape index (κ2) is 4.90. The predicted octanol–water partition coefficient (Wildman–Crippen LogP) is 3.17. The molecule has 3 rings (SSSR count). The van der Waals surface area contributed by atoms with Crippen molar-refractivity contribution < 1.29 is 4.74 Å². The lowest BCUT2D eigenvalue weighted by Gasteiger charge is -2.11. The summed E-state index contributed by atoms with van der Waals surface area (Å²) in [5, 5.41) is 0. The molecule has 1 aromatic carbocycles. The van der Waals surface area contributed by atoms with Crippen LogP contribution < -0.4 is 4.74 Å². The van der Waals surface area contributed by atoms with Crippen molar-refractivity contribution >= 4 is 22.8 Å². The van der Waals surface area contributed by atoms with Crippen molar-refractivity contribution in [1.82, 2.24) is 14.5 Å². The summed E-state index contributed by atoms with van der Waals surface area (Å²) >= 11 is 6.00. The molecule has 0 saturated carbocycles. The number of ether oxygens (including phenoxy) is 1. The highest BCUT2D eigenvalue weighted by molar-refractivity contribution is 6.16. The Morgan fingerprint density at radius 2 is 2.05 bits per heavy atom. The molecule has 2 heterocycles. The van der Waals surface area contributed by atoms with Crippen LogP contribution in [0, 0.1) is 0 Å². The maximum absolute atomic E-state index is 6.00. The minimum atomic E-state index is 0.314. The molecule has 0 aliphatic rings. The standard InChI is InChI=1S/C14H12ClN3O/c1-19-12-7-3-2-6-11(12)18-13(9-15)17-10-5-4-8-16-14(10)18/h2-8H,9H2,1H3. The number of para-hydroxylation sites is 2. The summed E-state index contributed by atoms with van der Waals surface area (Å²) in [5.74, 6) is 1.83. The lowest BCUT2D eigenvalue weighted by molar-refractivity contribution is 0.413. The van der Waals surface area contributed by atoms with E-state index >= 15 is 0 Å². The van der Waals surface area contributed by atoms with Gasteiger partial charge in [-0.1, -0.05) is 12.1 Å². The van der Waals surface area contributed by atoms with Crippen molar-refractivity contribution in [2.75, 3.05) is 7.11 Å². The van der Waals surface area contributed by atoms with Gasteiger partial charge in [0.1, 0.15) is 17.1 Å². The molecule has 0 spiro atoms. The van der Waals surface area contributed by atoms with E-state index in [1.54, 1.807) is 13.3 Å². The Morgan fingerprint density at radius 3 is 2.84 bits per heavy atom. The first kappa shape index (κ1) is 12.0. The summed E-state index contributed by atoms with van der Waals surface area (Å²) in [6.07, 6.45) is 1.74. The van der Waals surface area contributed by atoms with E-state index in [0.29, 0.717) is 5.88 Å². The molecule has 0 fully saturated rings. The molecule has 0 amide bonds. The van der Waals surface area contributed by atoms with Gasteiger partial charge in [0.2, 0.25) is 0 Å². The minimum absolute atomic E-state index is 0.314. The summed E-state index contributed by atoms with van der Waals surface area (Å²) in [5.41, 5.74) is 2.49. The van der Waals surface area contributed by atoms with Crippen molar-refractivity contribution in [2.45, 2.75) is 5.88 Å². The molecule has 4 nitrogen and oxygen atoms in total. The van der Waals surface area contributed by atoms with E-state index in [1.165, 1.54) is 0 Å². The average molecular weight is 274 g/mol. The highest BCUT2D eigenvalue weighted by Crippen LogP contribution is 2.27. The van der Waals surface area contributed by atoms with Gasteiger partial charge in [0.05, 0.1) is 18.7 Å². The molecule has 0 atom stereocenters. The minimum Gasteiger partial charge on any atom is -0.495 e. The first-order chi connectivity index (χ1) is 9.35. The number of imidazole rings is 1. The van der Waals surface area contributed by atoms with Gasteiger partial charge >= 0.3 is 0 Å². The van der Waals surface area contributed by atoms with Gasteiger partial charge in [-0.2, -0.15) is 0 Å². The van der Waals surface area contributed by atoms with Gasteiger partial charge in [-0.25, -0.2) is 9.97 Å². The Morgan fingerprint density at radius 1 is 1.21 bits per heavy atom. The second-order valence-electron chi connectivity index (χ2n) is 4.02. The van der Waals surface area contributed by atoms with Crippen LogP contribution in [0.5, 0.6) is 5.75 Å². The number of hydrogen-bond acceptors (Lipinski definition) is 3. The van der Waals surface area contributed by atoms with E-state index in [-0.39, 0.29) is 0 Å². The molecule has 96 valence electrons. The Kier molecular flexibility index (Phi) is 3.09. The molecule has 0 N–H and O–H groups in total. The van der Waals surface area contributed by atoms with Gasteiger partial charge in [-0.05, 0) is 24.3 Å². The molecule has 19 heavy (non-hydrogen) atoms. The molecule has 3 aromatic rings. The van der Waals surface area contributed by atoms with Gasteiger partial charge in [0, 0.05) is 6.20 Å². The van der Waals surface area contributed by atoms with Crippen LogP contribution in [-0.2, 0) is 5.88 Å². The zero-order valence-electron chi connectivity index (χ0n) is 10.4. The average Bonchev–Trinajstić information content (AvgIpc) is 2.85. The van der Waals surface area contributed by atoms with Crippen LogP contribution in [0.1, 0.15) is 5.82 Å². The third kappa shape index (κ3) is 1.94. The number of halogens is 1. The second-order valence-corrected chi connectivity index (χ2v) is 4.28. The molecule has 0 saturated heterocycles. The van der Waals surface area contributed by atoms with Crippen LogP contribution >= 0.6 is 11.6 Å². The van der Waals surface area contributed by atoms with Crippen LogP contribution in [0.4, 0.5) is 0 Å².